The van der Waals surface area contributed by atoms with Gasteiger partial charge in [-0.3, -0.25) is 4.90 Å². The van der Waals surface area contributed by atoms with Crippen LogP contribution in [0.25, 0.3) is 0 Å². The van der Waals surface area contributed by atoms with Crippen LogP contribution in [-0.2, 0) is 0 Å². The van der Waals surface area contributed by atoms with Crippen molar-refractivity contribution in [1.29, 1.82) is 0 Å². The van der Waals surface area contributed by atoms with E-state index in [1.165, 1.54) is 6.07 Å². The first-order chi connectivity index (χ1) is 8.92. The van der Waals surface area contributed by atoms with E-state index in [4.69, 9.17) is 5.11 Å². The predicted molar refractivity (Wildman–Crippen MR) is 66.7 cm³/mol. The van der Waals surface area contributed by atoms with Crippen LogP contribution in [0.15, 0.2) is 29.2 Å². The zero-order chi connectivity index (χ0) is 14.3. The van der Waals surface area contributed by atoms with E-state index >= 15 is 0 Å². The first-order valence-corrected chi connectivity index (χ1v) is 6.68. The number of aliphatic hydroxyl groups excluding tert-OH is 1. The quantitative estimate of drug-likeness (QED) is 0.618. The standard InChI is InChI=1S/C12H15F4NOS/c13-10-3-1-2-4-11(10)19-8-6-17(5-7-18)9-12(14,15)16/h1-4,18H,5-9H2. The van der Waals surface area contributed by atoms with Gasteiger partial charge in [-0.2, -0.15) is 13.2 Å². The van der Waals surface area contributed by atoms with Crippen molar-refractivity contribution >= 4 is 11.8 Å². The Bertz CT molecular complexity index is 386. The van der Waals surface area contributed by atoms with E-state index in [-0.39, 0.29) is 25.5 Å². The van der Waals surface area contributed by atoms with Crippen molar-refractivity contribution in [2.75, 3.05) is 32.0 Å². The Labute approximate surface area is 113 Å². The molecule has 0 fully saturated rings. The molecule has 0 aromatic heterocycles. The Morgan fingerprint density at radius 3 is 2.42 bits per heavy atom. The highest BCUT2D eigenvalue weighted by Gasteiger charge is 2.30. The number of thioether (sulfide) groups is 1. The van der Waals surface area contributed by atoms with Crippen LogP contribution in [0.3, 0.4) is 0 Å². The Morgan fingerprint density at radius 1 is 1.16 bits per heavy atom. The van der Waals surface area contributed by atoms with E-state index in [2.05, 4.69) is 0 Å². The third-order valence-corrected chi connectivity index (χ3v) is 3.35. The molecule has 0 radical (unpaired) electrons. The summed E-state index contributed by atoms with van der Waals surface area (Å²) in [6, 6.07) is 6.12. The average Bonchev–Trinajstić information content (AvgIpc) is 2.30. The number of hydrogen-bond donors (Lipinski definition) is 1. The lowest BCUT2D eigenvalue weighted by atomic mass is 10.3. The maximum Gasteiger partial charge on any atom is 0.401 e. The fraction of sp³-hybridized carbons (Fsp3) is 0.500. The lowest BCUT2D eigenvalue weighted by molar-refractivity contribution is -0.146. The summed E-state index contributed by atoms with van der Waals surface area (Å²) < 4.78 is 50.0. The van der Waals surface area contributed by atoms with E-state index in [0.29, 0.717) is 10.6 Å². The van der Waals surface area contributed by atoms with Crippen molar-refractivity contribution in [2.45, 2.75) is 11.1 Å². The minimum Gasteiger partial charge on any atom is -0.395 e. The summed E-state index contributed by atoms with van der Waals surface area (Å²) in [5.41, 5.74) is 0. The average molecular weight is 297 g/mol. The lowest BCUT2D eigenvalue weighted by Crippen LogP contribution is -2.37. The van der Waals surface area contributed by atoms with Gasteiger partial charge in [0, 0.05) is 23.7 Å². The van der Waals surface area contributed by atoms with Crippen LogP contribution in [0, 0.1) is 5.82 Å². The molecule has 0 unspecified atom stereocenters. The molecular weight excluding hydrogens is 282 g/mol. The van der Waals surface area contributed by atoms with Crippen molar-refractivity contribution in [2.24, 2.45) is 0 Å². The molecule has 2 nitrogen and oxygen atoms in total. The molecule has 0 bridgehead atoms. The molecule has 1 rings (SSSR count). The SMILES string of the molecule is OCCN(CCSc1ccccc1F)CC(F)(F)F. The van der Waals surface area contributed by atoms with Gasteiger partial charge in [0.2, 0.25) is 0 Å². The van der Waals surface area contributed by atoms with Crippen LogP contribution >= 0.6 is 11.8 Å². The van der Waals surface area contributed by atoms with Gasteiger partial charge < -0.3 is 5.11 Å². The molecule has 1 N–H and O–H groups in total. The van der Waals surface area contributed by atoms with Gasteiger partial charge in [0.15, 0.2) is 0 Å². The number of alkyl halides is 3. The number of aliphatic hydroxyl groups is 1. The van der Waals surface area contributed by atoms with Crippen molar-refractivity contribution in [3.8, 4) is 0 Å². The summed E-state index contributed by atoms with van der Waals surface area (Å²) in [6.07, 6.45) is -4.29. The Morgan fingerprint density at radius 2 is 1.84 bits per heavy atom. The zero-order valence-electron chi connectivity index (χ0n) is 10.2. The maximum atomic E-state index is 13.3. The third-order valence-electron chi connectivity index (χ3n) is 2.32. The van der Waals surface area contributed by atoms with Crippen LogP contribution < -0.4 is 0 Å². The van der Waals surface area contributed by atoms with E-state index in [1.54, 1.807) is 18.2 Å². The van der Waals surface area contributed by atoms with Crippen molar-refractivity contribution < 1.29 is 22.7 Å². The van der Waals surface area contributed by atoms with Gasteiger partial charge in [-0.1, -0.05) is 12.1 Å². The second-order valence-corrected chi connectivity index (χ2v) is 5.03. The molecule has 0 amide bonds. The van der Waals surface area contributed by atoms with E-state index < -0.39 is 12.7 Å². The van der Waals surface area contributed by atoms with Gasteiger partial charge in [0.05, 0.1) is 13.2 Å². The van der Waals surface area contributed by atoms with Crippen molar-refractivity contribution in [3.63, 3.8) is 0 Å². The molecule has 0 atom stereocenters. The normalized spacial score (nSPS) is 12.1. The Hall–Kier alpha value is -0.790. The molecule has 0 aliphatic heterocycles. The molecule has 0 saturated carbocycles. The number of halogens is 4. The Balaban J connectivity index is 2.42. The first-order valence-electron chi connectivity index (χ1n) is 5.69. The molecule has 1 aromatic carbocycles. The minimum absolute atomic E-state index is 0.0443. The fourth-order valence-corrected chi connectivity index (χ4v) is 2.46. The number of nitrogens with zero attached hydrogens (tertiary/aromatic N) is 1. The second kappa shape index (κ2) is 7.72. The number of benzene rings is 1. The van der Waals surface area contributed by atoms with Crippen LogP contribution in [0.4, 0.5) is 17.6 Å². The molecule has 0 aliphatic carbocycles. The zero-order valence-corrected chi connectivity index (χ0v) is 11.0. The number of rotatable bonds is 7. The molecule has 108 valence electrons. The molecule has 0 saturated heterocycles. The van der Waals surface area contributed by atoms with Crippen molar-refractivity contribution in [3.05, 3.63) is 30.1 Å². The highest BCUT2D eigenvalue weighted by Crippen LogP contribution is 2.22. The van der Waals surface area contributed by atoms with E-state index in [9.17, 15) is 17.6 Å². The maximum absolute atomic E-state index is 13.3. The molecule has 1 aromatic rings. The topological polar surface area (TPSA) is 23.5 Å². The second-order valence-electron chi connectivity index (χ2n) is 3.89. The van der Waals surface area contributed by atoms with Gasteiger partial charge in [0.1, 0.15) is 5.82 Å². The predicted octanol–water partition coefficient (Wildman–Crippen LogP) is 2.77. The summed E-state index contributed by atoms with van der Waals surface area (Å²) in [5.74, 6) is -0.0474. The van der Waals surface area contributed by atoms with Crippen molar-refractivity contribution in [1.82, 2.24) is 4.90 Å². The van der Waals surface area contributed by atoms with Gasteiger partial charge >= 0.3 is 6.18 Å². The van der Waals surface area contributed by atoms with Crippen LogP contribution in [0.5, 0.6) is 0 Å². The molecule has 0 spiro atoms. The van der Waals surface area contributed by atoms with Crippen LogP contribution in [0.2, 0.25) is 0 Å². The van der Waals surface area contributed by atoms with Gasteiger partial charge in [0.25, 0.3) is 0 Å². The van der Waals surface area contributed by atoms with Crippen LogP contribution in [0.1, 0.15) is 0 Å². The van der Waals surface area contributed by atoms with Gasteiger partial charge in [-0.15, -0.1) is 11.8 Å². The molecule has 19 heavy (non-hydrogen) atoms. The minimum atomic E-state index is -4.29. The Kier molecular flexibility index (Phi) is 6.60. The summed E-state index contributed by atoms with van der Waals surface area (Å²) in [4.78, 5) is 1.52. The lowest BCUT2D eigenvalue weighted by Gasteiger charge is -2.22. The monoisotopic (exact) mass is 297 g/mol. The van der Waals surface area contributed by atoms with E-state index in [1.807, 2.05) is 0 Å². The largest absolute Gasteiger partial charge is 0.401 e. The van der Waals surface area contributed by atoms with Gasteiger partial charge in [-0.25, -0.2) is 4.39 Å². The summed E-state index contributed by atoms with van der Waals surface area (Å²) in [6.45, 7) is -1.30. The van der Waals surface area contributed by atoms with Crippen LogP contribution in [-0.4, -0.2) is 48.2 Å². The summed E-state index contributed by atoms with van der Waals surface area (Å²) in [7, 11) is 0. The summed E-state index contributed by atoms with van der Waals surface area (Å²) >= 11 is 1.16. The molecule has 7 heteroatoms. The first kappa shape index (κ1) is 16.3. The molecular formula is C12H15F4NOS. The fourth-order valence-electron chi connectivity index (χ4n) is 1.51. The van der Waals surface area contributed by atoms with Gasteiger partial charge in [-0.05, 0) is 12.1 Å². The number of hydrogen-bond acceptors (Lipinski definition) is 3. The summed E-state index contributed by atoms with van der Waals surface area (Å²) in [5, 5.41) is 8.72. The molecule has 0 aliphatic rings. The van der Waals surface area contributed by atoms with E-state index in [0.717, 1.165) is 16.7 Å². The molecule has 0 heterocycles. The smallest absolute Gasteiger partial charge is 0.395 e. The highest BCUT2D eigenvalue weighted by molar-refractivity contribution is 7.99. The third kappa shape index (κ3) is 6.79. The highest BCUT2D eigenvalue weighted by atomic mass is 32.2.